The largest absolute Gasteiger partial charge is 0.494 e. The summed E-state index contributed by atoms with van der Waals surface area (Å²) < 4.78 is 25.9. The van der Waals surface area contributed by atoms with Gasteiger partial charge in [0.2, 0.25) is 17.7 Å². The van der Waals surface area contributed by atoms with Crippen LogP contribution in [0, 0.1) is 5.82 Å². The number of carbonyl (C=O) groups is 4. The summed E-state index contributed by atoms with van der Waals surface area (Å²) >= 11 is 0. The van der Waals surface area contributed by atoms with Crippen molar-refractivity contribution < 1.29 is 32.7 Å². The van der Waals surface area contributed by atoms with E-state index in [-0.39, 0.29) is 49.0 Å². The highest BCUT2D eigenvalue weighted by atomic mass is 19.1. The van der Waals surface area contributed by atoms with Gasteiger partial charge in [-0.1, -0.05) is 6.07 Å². The first-order chi connectivity index (χ1) is 17.8. The summed E-state index contributed by atoms with van der Waals surface area (Å²) in [4.78, 5) is 58.3. The molecule has 2 fully saturated rings. The van der Waals surface area contributed by atoms with Crippen LogP contribution in [0.3, 0.4) is 0 Å². The van der Waals surface area contributed by atoms with Crippen molar-refractivity contribution in [1.82, 2.24) is 20.5 Å². The monoisotopic (exact) mass is 507 g/mol. The van der Waals surface area contributed by atoms with E-state index in [9.17, 15) is 23.6 Å². The second-order valence-corrected chi connectivity index (χ2v) is 9.35. The molecule has 5 heterocycles. The van der Waals surface area contributed by atoms with Crippen molar-refractivity contribution in [3.8, 4) is 5.75 Å². The van der Waals surface area contributed by atoms with Crippen LogP contribution in [0.2, 0.25) is 0 Å². The van der Waals surface area contributed by atoms with Gasteiger partial charge in [-0.3, -0.25) is 24.5 Å². The van der Waals surface area contributed by atoms with Gasteiger partial charge >= 0.3 is 0 Å². The van der Waals surface area contributed by atoms with Gasteiger partial charge in [-0.15, -0.1) is 0 Å². The number of nitrogens with zero attached hydrogens (tertiary/aromatic N) is 3. The maximum Gasteiger partial charge on any atom is 0.257 e. The summed E-state index contributed by atoms with van der Waals surface area (Å²) in [5.41, 5.74) is -0.331. The van der Waals surface area contributed by atoms with Crippen molar-refractivity contribution in [1.29, 1.82) is 0 Å². The zero-order valence-electron chi connectivity index (χ0n) is 19.8. The molecule has 0 saturated carbocycles. The maximum atomic E-state index is 14.9. The van der Waals surface area contributed by atoms with E-state index in [1.165, 1.54) is 18.1 Å². The summed E-state index contributed by atoms with van der Waals surface area (Å²) in [5, 5.41) is 5.08. The maximum absolute atomic E-state index is 14.9. The summed E-state index contributed by atoms with van der Waals surface area (Å²) in [7, 11) is 1.31. The van der Waals surface area contributed by atoms with Gasteiger partial charge < -0.3 is 24.3 Å². The van der Waals surface area contributed by atoms with Crippen LogP contribution >= 0.6 is 0 Å². The lowest BCUT2D eigenvalue weighted by Gasteiger charge is -2.28. The third-order valence-electron chi connectivity index (χ3n) is 7.08. The molecule has 1 aromatic carbocycles. The molecular weight excluding hydrogens is 485 g/mol. The number of anilines is 1. The molecular formula is C25H22FN5O6. The fourth-order valence-electron chi connectivity index (χ4n) is 5.22. The molecule has 0 spiro atoms. The molecule has 2 saturated heterocycles. The van der Waals surface area contributed by atoms with Gasteiger partial charge in [-0.05, 0) is 23.8 Å². The average Bonchev–Trinajstić information content (AvgIpc) is 3.53. The number of halogens is 1. The number of fused-ring (bicyclic) bond motifs is 2. The number of piperazine rings is 1. The summed E-state index contributed by atoms with van der Waals surface area (Å²) in [6, 6.07) is 8.04. The first-order valence-electron chi connectivity index (χ1n) is 11.7. The number of furan rings is 1. The molecule has 0 bridgehead atoms. The van der Waals surface area contributed by atoms with E-state index in [1.54, 1.807) is 24.3 Å². The fourth-order valence-corrected chi connectivity index (χ4v) is 5.22. The van der Waals surface area contributed by atoms with E-state index < -0.39 is 29.0 Å². The Balaban J connectivity index is 1.36. The Morgan fingerprint density at radius 1 is 1.14 bits per heavy atom. The van der Waals surface area contributed by atoms with Crippen LogP contribution in [0.4, 0.5) is 10.2 Å². The highest BCUT2D eigenvalue weighted by molar-refractivity contribution is 6.10. The molecule has 6 rings (SSSR count). The summed E-state index contributed by atoms with van der Waals surface area (Å²) in [6.45, 7) is 1.13. The van der Waals surface area contributed by atoms with Crippen molar-refractivity contribution in [2.75, 3.05) is 38.2 Å². The van der Waals surface area contributed by atoms with E-state index in [0.717, 1.165) is 0 Å². The highest BCUT2D eigenvalue weighted by Crippen LogP contribution is 2.40. The van der Waals surface area contributed by atoms with E-state index >= 15 is 0 Å². The molecule has 0 aliphatic carbocycles. The lowest BCUT2D eigenvalue weighted by molar-refractivity contribution is -0.127. The van der Waals surface area contributed by atoms with Crippen LogP contribution < -0.4 is 20.3 Å². The first kappa shape index (κ1) is 23.0. The Bertz CT molecular complexity index is 1500. The van der Waals surface area contributed by atoms with Crippen molar-refractivity contribution in [2.45, 2.75) is 18.4 Å². The van der Waals surface area contributed by atoms with Crippen LogP contribution in [-0.2, 0) is 26.3 Å². The molecule has 2 N–H and O–H groups in total. The molecule has 4 amide bonds. The van der Waals surface area contributed by atoms with Crippen molar-refractivity contribution in [3.63, 3.8) is 0 Å². The van der Waals surface area contributed by atoms with Gasteiger partial charge in [0, 0.05) is 32.2 Å². The van der Waals surface area contributed by atoms with Gasteiger partial charge in [0.25, 0.3) is 5.91 Å². The average molecular weight is 507 g/mol. The molecule has 37 heavy (non-hydrogen) atoms. The number of hydrogen-bond donors (Lipinski definition) is 2. The van der Waals surface area contributed by atoms with Gasteiger partial charge in [0.05, 0.1) is 25.6 Å². The summed E-state index contributed by atoms with van der Waals surface area (Å²) in [6.07, 6.45) is -0.239. The van der Waals surface area contributed by atoms with Crippen LogP contribution in [0.5, 0.6) is 5.75 Å². The van der Waals surface area contributed by atoms with Crippen LogP contribution in [0.25, 0.3) is 11.1 Å². The lowest BCUT2D eigenvalue weighted by Crippen LogP contribution is -2.48. The minimum atomic E-state index is -1.51. The zero-order valence-corrected chi connectivity index (χ0v) is 19.8. The SMILES string of the molecule is COc1ccc2c(c1F)C(=O)N(C[C@@]1(c3cc4nc(N5CCNC(=O)C5)ccc4o3)CC(=O)NC1=O)C2. The van der Waals surface area contributed by atoms with E-state index in [4.69, 9.17) is 9.15 Å². The number of benzene rings is 1. The molecule has 3 aliphatic heterocycles. The zero-order chi connectivity index (χ0) is 25.9. The third-order valence-corrected chi connectivity index (χ3v) is 7.08. The number of nitrogens with one attached hydrogen (secondary N) is 2. The first-order valence-corrected chi connectivity index (χ1v) is 11.7. The van der Waals surface area contributed by atoms with Crippen LogP contribution in [0.15, 0.2) is 34.7 Å². The van der Waals surface area contributed by atoms with Crippen molar-refractivity contribution in [2.24, 2.45) is 0 Å². The molecule has 1 atom stereocenters. The topological polar surface area (TPSA) is 134 Å². The minimum absolute atomic E-state index is 0.0530. The quantitative estimate of drug-likeness (QED) is 0.486. The fraction of sp³-hybridized carbons (Fsp3) is 0.320. The predicted molar refractivity (Wildman–Crippen MR) is 126 cm³/mol. The third kappa shape index (κ3) is 3.59. The second kappa shape index (κ2) is 8.29. The summed E-state index contributed by atoms with van der Waals surface area (Å²) in [5.74, 6) is -1.88. The smallest absolute Gasteiger partial charge is 0.257 e. The molecule has 0 radical (unpaired) electrons. The number of imide groups is 1. The van der Waals surface area contributed by atoms with E-state index in [2.05, 4.69) is 15.6 Å². The second-order valence-electron chi connectivity index (χ2n) is 9.35. The number of hydrogen-bond acceptors (Lipinski definition) is 8. The Kier molecular flexibility index (Phi) is 5.14. The Labute approximate surface area is 209 Å². The number of methoxy groups -OCH3 is 1. The molecule has 12 heteroatoms. The normalized spacial score (nSPS) is 21.5. The molecule has 2 aromatic heterocycles. The van der Waals surface area contributed by atoms with E-state index in [1.807, 2.05) is 4.90 Å². The number of aromatic nitrogens is 1. The Morgan fingerprint density at radius 2 is 1.97 bits per heavy atom. The Morgan fingerprint density at radius 3 is 2.70 bits per heavy atom. The number of pyridine rings is 1. The van der Waals surface area contributed by atoms with Crippen LogP contribution in [0.1, 0.15) is 28.1 Å². The predicted octanol–water partition coefficient (Wildman–Crippen LogP) is 0.852. The highest BCUT2D eigenvalue weighted by Gasteiger charge is 2.53. The lowest BCUT2D eigenvalue weighted by atomic mass is 9.82. The number of amides is 4. The molecule has 11 nitrogen and oxygen atoms in total. The minimum Gasteiger partial charge on any atom is -0.494 e. The standard InChI is InChI=1S/C25H22FN5O6/c1-36-16-3-2-13-10-31(23(34)21(13)22(16)26)12-25(9-19(32)29-24(25)35)17-8-14-15(37-17)4-5-18(28-14)30-7-6-27-20(33)11-30/h2-5,8H,6-7,9-12H2,1H3,(H,27,33)(H,29,32,35)/t25-/m1/s1. The van der Waals surface area contributed by atoms with Crippen molar-refractivity contribution >= 4 is 40.5 Å². The number of ether oxygens (including phenoxy) is 1. The Hall–Kier alpha value is -4.48. The van der Waals surface area contributed by atoms with Gasteiger partial charge in [0.15, 0.2) is 17.1 Å². The molecule has 3 aliphatic rings. The van der Waals surface area contributed by atoms with Gasteiger partial charge in [-0.25, -0.2) is 9.37 Å². The number of carbonyl (C=O) groups excluding carboxylic acids is 4. The van der Waals surface area contributed by atoms with E-state index in [0.29, 0.717) is 35.6 Å². The van der Waals surface area contributed by atoms with Crippen molar-refractivity contribution in [3.05, 3.63) is 53.0 Å². The number of rotatable bonds is 5. The van der Waals surface area contributed by atoms with Gasteiger partial charge in [-0.2, -0.15) is 0 Å². The molecule has 0 unspecified atom stereocenters. The molecule has 190 valence electrons. The van der Waals surface area contributed by atoms with Crippen LogP contribution in [-0.4, -0.2) is 66.8 Å². The molecule has 3 aromatic rings. The van der Waals surface area contributed by atoms with Gasteiger partial charge in [0.1, 0.15) is 22.5 Å².